The summed E-state index contributed by atoms with van der Waals surface area (Å²) in [5.74, 6) is 0.520. The fourth-order valence-electron chi connectivity index (χ4n) is 2.55. The van der Waals surface area contributed by atoms with Crippen molar-refractivity contribution in [2.24, 2.45) is 0 Å². The van der Waals surface area contributed by atoms with Crippen LogP contribution in [0.15, 0.2) is 18.2 Å². The minimum Gasteiger partial charge on any atom is -0.233 e. The molecule has 1 aliphatic rings. The molecule has 0 saturated heterocycles. The van der Waals surface area contributed by atoms with E-state index in [1.807, 2.05) is 0 Å². The summed E-state index contributed by atoms with van der Waals surface area (Å²) in [6.45, 7) is 0. The van der Waals surface area contributed by atoms with Crippen molar-refractivity contribution in [3.8, 4) is 11.4 Å². The first kappa shape index (κ1) is 14.1. The SMILES string of the molecule is Clc1cccc(Cl)c1-c1nc(Cl)c2c(n1)CCCCC2. The van der Waals surface area contributed by atoms with Crippen LogP contribution in [0.5, 0.6) is 0 Å². The number of rotatable bonds is 1. The molecule has 0 amide bonds. The summed E-state index contributed by atoms with van der Waals surface area (Å²) >= 11 is 18.8. The van der Waals surface area contributed by atoms with E-state index in [1.54, 1.807) is 18.2 Å². The molecule has 1 aromatic carbocycles. The Morgan fingerprint density at radius 1 is 0.850 bits per heavy atom. The molecule has 5 heteroatoms. The van der Waals surface area contributed by atoms with Crippen molar-refractivity contribution < 1.29 is 0 Å². The summed E-state index contributed by atoms with van der Waals surface area (Å²) in [5, 5.41) is 1.62. The third-order valence-corrected chi connectivity index (χ3v) is 4.51. The predicted octanol–water partition coefficient (Wildman–Crippen LogP) is 5.37. The molecule has 104 valence electrons. The molecule has 0 spiro atoms. The summed E-state index contributed by atoms with van der Waals surface area (Å²) in [5.41, 5.74) is 2.77. The van der Waals surface area contributed by atoms with Crippen molar-refractivity contribution in [1.29, 1.82) is 0 Å². The van der Waals surface area contributed by atoms with Gasteiger partial charge in [-0.2, -0.15) is 0 Å². The maximum atomic E-state index is 6.34. The fourth-order valence-corrected chi connectivity index (χ4v) is 3.40. The predicted molar refractivity (Wildman–Crippen MR) is 83.8 cm³/mol. The van der Waals surface area contributed by atoms with Gasteiger partial charge in [-0.3, -0.25) is 0 Å². The van der Waals surface area contributed by atoms with Gasteiger partial charge in [-0.05, 0) is 37.8 Å². The monoisotopic (exact) mass is 326 g/mol. The second kappa shape index (κ2) is 5.88. The van der Waals surface area contributed by atoms with E-state index >= 15 is 0 Å². The number of nitrogens with zero attached hydrogens (tertiary/aromatic N) is 2. The fraction of sp³-hybridized carbons (Fsp3) is 0.333. The van der Waals surface area contributed by atoms with Gasteiger partial charge in [0, 0.05) is 11.3 Å². The third-order valence-electron chi connectivity index (χ3n) is 3.57. The Balaban J connectivity index is 2.16. The first-order valence-corrected chi connectivity index (χ1v) is 7.80. The molecular weight excluding hydrogens is 315 g/mol. The standard InChI is InChI=1S/C15H13Cl3N2/c16-10-6-4-7-11(17)13(10)15-19-12-8-3-1-2-5-9(12)14(18)20-15/h4,6-7H,1-3,5,8H2. The Hall–Kier alpha value is -0.830. The molecule has 2 nitrogen and oxygen atoms in total. The number of aromatic nitrogens is 2. The Bertz CT molecular complexity index is 636. The van der Waals surface area contributed by atoms with E-state index in [-0.39, 0.29) is 0 Å². The van der Waals surface area contributed by atoms with Crippen LogP contribution in [0.1, 0.15) is 30.5 Å². The lowest BCUT2D eigenvalue weighted by atomic mass is 10.1. The topological polar surface area (TPSA) is 25.8 Å². The zero-order valence-corrected chi connectivity index (χ0v) is 13.1. The highest BCUT2D eigenvalue weighted by Crippen LogP contribution is 2.35. The molecule has 20 heavy (non-hydrogen) atoms. The second-order valence-electron chi connectivity index (χ2n) is 4.92. The van der Waals surface area contributed by atoms with Gasteiger partial charge in [0.15, 0.2) is 5.82 Å². The van der Waals surface area contributed by atoms with Gasteiger partial charge < -0.3 is 0 Å². The van der Waals surface area contributed by atoms with E-state index in [9.17, 15) is 0 Å². The minimum atomic E-state index is 0.520. The third kappa shape index (κ3) is 2.65. The van der Waals surface area contributed by atoms with Crippen molar-refractivity contribution in [2.75, 3.05) is 0 Å². The van der Waals surface area contributed by atoms with Crippen molar-refractivity contribution >= 4 is 34.8 Å². The van der Waals surface area contributed by atoms with Gasteiger partial charge in [-0.15, -0.1) is 0 Å². The summed E-state index contributed by atoms with van der Waals surface area (Å²) < 4.78 is 0. The Morgan fingerprint density at radius 2 is 1.55 bits per heavy atom. The maximum Gasteiger partial charge on any atom is 0.164 e. The van der Waals surface area contributed by atoms with Crippen LogP contribution in [0.4, 0.5) is 0 Å². The summed E-state index contributed by atoms with van der Waals surface area (Å²) in [7, 11) is 0. The summed E-state index contributed by atoms with van der Waals surface area (Å²) in [4.78, 5) is 9.07. The van der Waals surface area contributed by atoms with Crippen LogP contribution < -0.4 is 0 Å². The van der Waals surface area contributed by atoms with E-state index < -0.39 is 0 Å². The normalized spacial score (nSPS) is 14.8. The Morgan fingerprint density at radius 3 is 2.30 bits per heavy atom. The number of hydrogen-bond acceptors (Lipinski definition) is 2. The Labute approximate surface area is 133 Å². The molecule has 1 heterocycles. The van der Waals surface area contributed by atoms with Crippen LogP contribution in [-0.4, -0.2) is 9.97 Å². The van der Waals surface area contributed by atoms with Gasteiger partial charge in [0.2, 0.25) is 0 Å². The van der Waals surface area contributed by atoms with Gasteiger partial charge in [0.1, 0.15) is 5.15 Å². The maximum absolute atomic E-state index is 6.34. The number of halogens is 3. The molecule has 0 aliphatic heterocycles. The van der Waals surface area contributed by atoms with E-state index in [0.29, 0.717) is 26.6 Å². The van der Waals surface area contributed by atoms with Crippen LogP contribution in [0.3, 0.4) is 0 Å². The second-order valence-corrected chi connectivity index (χ2v) is 6.09. The number of benzene rings is 1. The molecule has 0 unspecified atom stereocenters. The van der Waals surface area contributed by atoms with E-state index in [1.165, 1.54) is 6.42 Å². The highest BCUT2D eigenvalue weighted by molar-refractivity contribution is 6.39. The lowest BCUT2D eigenvalue weighted by molar-refractivity contribution is 0.709. The van der Waals surface area contributed by atoms with Crippen molar-refractivity contribution in [1.82, 2.24) is 9.97 Å². The quantitative estimate of drug-likeness (QED) is 0.519. The molecule has 1 aliphatic carbocycles. The molecule has 2 aromatic rings. The van der Waals surface area contributed by atoms with Crippen molar-refractivity contribution in [2.45, 2.75) is 32.1 Å². The zero-order chi connectivity index (χ0) is 14.1. The smallest absolute Gasteiger partial charge is 0.164 e. The minimum absolute atomic E-state index is 0.520. The highest BCUT2D eigenvalue weighted by Gasteiger charge is 2.18. The zero-order valence-electron chi connectivity index (χ0n) is 10.8. The lowest BCUT2D eigenvalue weighted by Crippen LogP contribution is -2.02. The molecule has 0 saturated carbocycles. The van der Waals surface area contributed by atoms with Crippen LogP contribution in [0, 0.1) is 0 Å². The van der Waals surface area contributed by atoms with Crippen molar-refractivity contribution in [3.63, 3.8) is 0 Å². The molecule has 0 fully saturated rings. The van der Waals surface area contributed by atoms with Crippen LogP contribution in [0.25, 0.3) is 11.4 Å². The Kier molecular flexibility index (Phi) is 4.16. The number of aryl methyl sites for hydroxylation is 1. The van der Waals surface area contributed by atoms with Gasteiger partial charge in [-0.1, -0.05) is 47.3 Å². The number of hydrogen-bond donors (Lipinski definition) is 0. The lowest BCUT2D eigenvalue weighted by Gasteiger charge is -2.11. The molecular formula is C15H13Cl3N2. The first-order chi connectivity index (χ1) is 9.66. The van der Waals surface area contributed by atoms with Gasteiger partial charge >= 0.3 is 0 Å². The summed E-state index contributed by atoms with van der Waals surface area (Å²) in [6, 6.07) is 5.37. The molecule has 1 aromatic heterocycles. The van der Waals surface area contributed by atoms with E-state index in [4.69, 9.17) is 34.8 Å². The molecule has 3 rings (SSSR count). The van der Waals surface area contributed by atoms with E-state index in [0.717, 1.165) is 36.9 Å². The van der Waals surface area contributed by atoms with Crippen LogP contribution in [-0.2, 0) is 12.8 Å². The van der Waals surface area contributed by atoms with E-state index in [2.05, 4.69) is 9.97 Å². The average Bonchev–Trinajstić information content (AvgIpc) is 2.64. The first-order valence-electron chi connectivity index (χ1n) is 6.66. The van der Waals surface area contributed by atoms with Gasteiger partial charge in [0.25, 0.3) is 0 Å². The average molecular weight is 328 g/mol. The number of fused-ring (bicyclic) bond motifs is 1. The van der Waals surface area contributed by atoms with Gasteiger partial charge in [0.05, 0.1) is 15.6 Å². The molecule has 0 bridgehead atoms. The van der Waals surface area contributed by atoms with Crippen LogP contribution >= 0.6 is 34.8 Å². The molecule has 0 atom stereocenters. The van der Waals surface area contributed by atoms with Crippen LogP contribution in [0.2, 0.25) is 15.2 Å². The van der Waals surface area contributed by atoms with Gasteiger partial charge in [-0.25, -0.2) is 9.97 Å². The largest absolute Gasteiger partial charge is 0.233 e. The molecule has 0 N–H and O–H groups in total. The van der Waals surface area contributed by atoms with Crippen molar-refractivity contribution in [3.05, 3.63) is 44.7 Å². The summed E-state index contributed by atoms with van der Waals surface area (Å²) in [6.07, 6.45) is 5.37. The molecule has 0 radical (unpaired) electrons. The highest BCUT2D eigenvalue weighted by atomic mass is 35.5.